The second-order valence-corrected chi connectivity index (χ2v) is 7.61. The van der Waals surface area contributed by atoms with Gasteiger partial charge < -0.3 is 4.74 Å². The summed E-state index contributed by atoms with van der Waals surface area (Å²) in [5.74, 6) is 0.693. The average Bonchev–Trinajstić information content (AvgIpc) is 2.74. The number of sulfonamides is 1. The molecule has 3 rings (SSSR count). The van der Waals surface area contributed by atoms with Crippen molar-refractivity contribution in [3.8, 4) is 5.75 Å². The first kappa shape index (κ1) is 20.9. The Morgan fingerprint density at radius 2 is 1.32 bits per heavy atom. The van der Waals surface area contributed by atoms with Crippen molar-refractivity contribution in [2.75, 3.05) is 11.4 Å². The quantitative estimate of drug-likeness (QED) is 0.636. The molecule has 3 aromatic rings. The lowest BCUT2D eigenvalue weighted by atomic mass is 10.2. The average molecular weight is 397 g/mol. The van der Waals surface area contributed by atoms with Crippen LogP contribution in [-0.2, 0) is 26.2 Å². The second kappa shape index (κ2) is 10.1. The van der Waals surface area contributed by atoms with E-state index in [0.717, 1.165) is 5.56 Å². The highest BCUT2D eigenvalue weighted by molar-refractivity contribution is 7.92. The van der Waals surface area contributed by atoms with Crippen molar-refractivity contribution in [2.45, 2.75) is 11.5 Å². The minimum Gasteiger partial charge on any atom is -0.489 e. The zero-order valence-corrected chi connectivity index (χ0v) is 16.0. The van der Waals surface area contributed by atoms with E-state index in [1.165, 1.54) is 4.31 Å². The highest BCUT2D eigenvalue weighted by Crippen LogP contribution is 2.24. The molecular formula is C21H19NO5S. The maximum atomic E-state index is 12.6. The van der Waals surface area contributed by atoms with E-state index in [9.17, 15) is 8.42 Å². The molecule has 0 aliphatic heterocycles. The SMILES string of the molecule is CN(c1ccc(OCc2ccccc2)cc1)S(=O)(=O)c1ccccc1.O=C=O. The molecule has 0 aliphatic carbocycles. The number of anilines is 1. The highest BCUT2D eigenvalue weighted by Gasteiger charge is 2.20. The molecule has 0 aromatic heterocycles. The number of ether oxygens (including phenoxy) is 1. The molecule has 0 unspecified atom stereocenters. The van der Waals surface area contributed by atoms with E-state index >= 15 is 0 Å². The predicted octanol–water partition coefficient (Wildman–Crippen LogP) is 3.51. The third-order valence-electron chi connectivity index (χ3n) is 3.85. The number of hydrogen-bond donors (Lipinski definition) is 0. The van der Waals surface area contributed by atoms with E-state index in [2.05, 4.69) is 0 Å². The Kier molecular flexibility index (Phi) is 7.51. The van der Waals surface area contributed by atoms with Gasteiger partial charge in [-0.2, -0.15) is 9.59 Å². The van der Waals surface area contributed by atoms with Crippen molar-refractivity contribution in [2.24, 2.45) is 0 Å². The predicted molar refractivity (Wildman–Crippen MR) is 104 cm³/mol. The molecule has 0 atom stereocenters. The van der Waals surface area contributed by atoms with Gasteiger partial charge in [0.2, 0.25) is 0 Å². The van der Waals surface area contributed by atoms with Gasteiger partial charge in [0.25, 0.3) is 10.0 Å². The van der Waals surface area contributed by atoms with Gasteiger partial charge in [-0.15, -0.1) is 0 Å². The fraction of sp³-hybridized carbons (Fsp3) is 0.0952. The standard InChI is InChI=1S/C20H19NO3S.CO2/c1-21(25(22,23)20-10-6-3-7-11-20)18-12-14-19(15-13-18)24-16-17-8-4-2-5-9-17;2-1-3/h2-15H,16H2,1H3;. The Bertz CT molecular complexity index is 998. The van der Waals surface area contributed by atoms with Crippen molar-refractivity contribution < 1.29 is 22.7 Å². The first-order chi connectivity index (χ1) is 13.5. The first-order valence-electron chi connectivity index (χ1n) is 8.29. The molecule has 0 saturated heterocycles. The Morgan fingerprint density at radius 3 is 1.86 bits per heavy atom. The molecule has 0 spiro atoms. The summed E-state index contributed by atoms with van der Waals surface area (Å²) in [5.41, 5.74) is 1.66. The van der Waals surface area contributed by atoms with Crippen molar-refractivity contribution in [1.82, 2.24) is 0 Å². The summed E-state index contributed by atoms with van der Waals surface area (Å²) >= 11 is 0. The van der Waals surface area contributed by atoms with Gasteiger partial charge in [-0.3, -0.25) is 4.31 Å². The smallest absolute Gasteiger partial charge is 0.373 e. The highest BCUT2D eigenvalue weighted by atomic mass is 32.2. The van der Waals surface area contributed by atoms with Crippen LogP contribution in [0, 0.1) is 0 Å². The van der Waals surface area contributed by atoms with E-state index in [-0.39, 0.29) is 11.0 Å². The lowest BCUT2D eigenvalue weighted by Crippen LogP contribution is -2.26. The van der Waals surface area contributed by atoms with Crippen LogP contribution in [-0.4, -0.2) is 21.6 Å². The summed E-state index contributed by atoms with van der Waals surface area (Å²) < 4.78 is 32.2. The van der Waals surface area contributed by atoms with Crippen LogP contribution in [0.3, 0.4) is 0 Å². The molecule has 0 saturated carbocycles. The first-order valence-corrected chi connectivity index (χ1v) is 9.73. The van der Waals surface area contributed by atoms with Crippen LogP contribution in [0.5, 0.6) is 5.75 Å². The van der Waals surface area contributed by atoms with Gasteiger partial charge in [0.15, 0.2) is 0 Å². The zero-order chi connectivity index (χ0) is 20.4. The van der Waals surface area contributed by atoms with Crippen LogP contribution in [0.1, 0.15) is 5.56 Å². The molecule has 0 amide bonds. The molecule has 0 aliphatic rings. The van der Waals surface area contributed by atoms with Crippen molar-refractivity contribution >= 4 is 21.9 Å². The molecule has 0 heterocycles. The largest absolute Gasteiger partial charge is 0.489 e. The maximum Gasteiger partial charge on any atom is 0.373 e. The van der Waals surface area contributed by atoms with Gasteiger partial charge in [-0.25, -0.2) is 8.42 Å². The van der Waals surface area contributed by atoms with Gasteiger partial charge in [-0.1, -0.05) is 48.5 Å². The monoisotopic (exact) mass is 397 g/mol. The summed E-state index contributed by atoms with van der Waals surface area (Å²) in [6.07, 6.45) is 0.250. The van der Waals surface area contributed by atoms with Crippen molar-refractivity contribution in [3.05, 3.63) is 90.5 Å². The summed E-state index contributed by atoms with van der Waals surface area (Å²) in [7, 11) is -2.02. The van der Waals surface area contributed by atoms with Crippen LogP contribution in [0.2, 0.25) is 0 Å². The second-order valence-electron chi connectivity index (χ2n) is 5.64. The third kappa shape index (κ3) is 5.54. The molecule has 144 valence electrons. The van der Waals surface area contributed by atoms with Crippen molar-refractivity contribution in [1.29, 1.82) is 0 Å². The number of benzene rings is 3. The normalized spacial score (nSPS) is 10.2. The number of rotatable bonds is 6. The van der Waals surface area contributed by atoms with Crippen LogP contribution >= 0.6 is 0 Å². The van der Waals surface area contributed by atoms with E-state index in [1.807, 2.05) is 30.3 Å². The molecule has 7 heteroatoms. The molecule has 0 radical (unpaired) electrons. The minimum atomic E-state index is -3.57. The molecule has 0 bridgehead atoms. The molecule has 6 nitrogen and oxygen atoms in total. The van der Waals surface area contributed by atoms with Crippen LogP contribution in [0.15, 0.2) is 89.8 Å². The van der Waals surface area contributed by atoms with Gasteiger partial charge >= 0.3 is 6.15 Å². The fourth-order valence-corrected chi connectivity index (χ4v) is 3.60. The third-order valence-corrected chi connectivity index (χ3v) is 5.65. The minimum absolute atomic E-state index is 0.250. The van der Waals surface area contributed by atoms with Gasteiger partial charge in [0, 0.05) is 7.05 Å². The molecular weight excluding hydrogens is 378 g/mol. The Hall–Kier alpha value is -3.41. The van der Waals surface area contributed by atoms with Crippen LogP contribution < -0.4 is 9.04 Å². The summed E-state index contributed by atoms with van der Waals surface area (Å²) in [4.78, 5) is 16.5. The Balaban J connectivity index is 0.000000878. The fourth-order valence-electron chi connectivity index (χ4n) is 2.38. The molecule has 28 heavy (non-hydrogen) atoms. The van der Waals surface area contributed by atoms with Gasteiger partial charge in [-0.05, 0) is 42.0 Å². The van der Waals surface area contributed by atoms with Crippen LogP contribution in [0.25, 0.3) is 0 Å². The number of nitrogens with zero attached hydrogens (tertiary/aromatic N) is 1. The van der Waals surface area contributed by atoms with Crippen molar-refractivity contribution in [3.63, 3.8) is 0 Å². The summed E-state index contributed by atoms with van der Waals surface area (Å²) in [6.45, 7) is 0.471. The van der Waals surface area contributed by atoms with Gasteiger partial charge in [0.05, 0.1) is 10.6 Å². The Labute approximate surface area is 164 Å². The number of carbonyl (C=O) groups excluding carboxylic acids is 2. The lowest BCUT2D eigenvalue weighted by Gasteiger charge is -2.19. The summed E-state index contributed by atoms with van der Waals surface area (Å²) in [6, 6.07) is 25.3. The molecule has 0 fully saturated rings. The topological polar surface area (TPSA) is 80.8 Å². The molecule has 0 N–H and O–H groups in total. The van der Waals surface area contributed by atoms with E-state index in [4.69, 9.17) is 14.3 Å². The van der Waals surface area contributed by atoms with Crippen LogP contribution in [0.4, 0.5) is 5.69 Å². The Morgan fingerprint density at radius 1 is 0.821 bits per heavy atom. The zero-order valence-electron chi connectivity index (χ0n) is 15.2. The van der Waals surface area contributed by atoms with Gasteiger partial charge in [0.1, 0.15) is 12.4 Å². The summed E-state index contributed by atoms with van der Waals surface area (Å²) in [5, 5.41) is 0. The maximum absolute atomic E-state index is 12.6. The van der Waals surface area contributed by atoms with E-state index in [0.29, 0.717) is 18.0 Å². The van der Waals surface area contributed by atoms with E-state index in [1.54, 1.807) is 61.6 Å². The molecule has 3 aromatic carbocycles. The number of hydrogen-bond acceptors (Lipinski definition) is 5. The lowest BCUT2D eigenvalue weighted by molar-refractivity contribution is -0.191. The van der Waals surface area contributed by atoms with E-state index < -0.39 is 10.0 Å².